The second-order valence-electron chi connectivity index (χ2n) is 4.19. The number of nitrogens with zero attached hydrogens (tertiary/aromatic N) is 1. The maximum absolute atomic E-state index is 9.34. The van der Waals surface area contributed by atoms with Gasteiger partial charge in [0.15, 0.2) is 0 Å². The largest absolute Gasteiger partial charge is 0.496 e. The van der Waals surface area contributed by atoms with Crippen LogP contribution < -0.4 is 4.74 Å². The molecule has 2 nitrogen and oxygen atoms in total. The van der Waals surface area contributed by atoms with E-state index in [-0.39, 0.29) is 0 Å². The Labute approximate surface area is 141 Å². The van der Waals surface area contributed by atoms with Gasteiger partial charge in [0.25, 0.3) is 0 Å². The highest BCUT2D eigenvalue weighted by atomic mass is 79.9. The molecule has 0 N–H and O–H groups in total. The minimum absolute atomic E-state index is 0.422. The third-order valence-corrected chi connectivity index (χ3v) is 4.20. The summed E-state index contributed by atoms with van der Waals surface area (Å²) in [5.41, 5.74) is 2.11. The summed E-state index contributed by atoms with van der Waals surface area (Å²) in [7, 11) is 1.60. The first kappa shape index (κ1) is 15.9. The summed E-state index contributed by atoms with van der Waals surface area (Å²) < 4.78 is 6.00. The minimum atomic E-state index is 0.422. The Kier molecular flexibility index (Phi) is 5.30. The standard InChI is InChI=1S/C16H10BrCl2NO/c1-21-16-5-2-10(7-13(16)17)6-12(9-20)11-3-4-14(18)15(19)8-11/h2-8H,1H3/b12-6-. The molecule has 0 unspecified atom stereocenters. The fourth-order valence-corrected chi connectivity index (χ4v) is 2.64. The van der Waals surface area contributed by atoms with Gasteiger partial charge in [0, 0.05) is 0 Å². The SMILES string of the molecule is COc1ccc(/C=C(/C#N)c2ccc(Cl)c(Cl)c2)cc1Br. The summed E-state index contributed by atoms with van der Waals surface area (Å²) in [5, 5.41) is 10.2. The molecule has 0 heterocycles. The molecule has 106 valence electrons. The fourth-order valence-electron chi connectivity index (χ4n) is 1.78. The lowest BCUT2D eigenvalue weighted by atomic mass is 10.0. The smallest absolute Gasteiger partial charge is 0.133 e. The van der Waals surface area contributed by atoms with E-state index in [2.05, 4.69) is 22.0 Å². The molecule has 0 spiro atoms. The van der Waals surface area contributed by atoms with Crippen molar-refractivity contribution in [3.63, 3.8) is 0 Å². The van der Waals surface area contributed by atoms with Crippen molar-refractivity contribution in [3.8, 4) is 11.8 Å². The zero-order valence-electron chi connectivity index (χ0n) is 11.0. The van der Waals surface area contributed by atoms with Crippen LogP contribution >= 0.6 is 39.1 Å². The predicted octanol–water partition coefficient (Wildman–Crippen LogP) is 5.83. The third-order valence-electron chi connectivity index (χ3n) is 2.84. The molecule has 2 rings (SSSR count). The second-order valence-corrected chi connectivity index (χ2v) is 5.86. The van der Waals surface area contributed by atoms with Gasteiger partial charge in [-0.1, -0.05) is 35.3 Å². The zero-order chi connectivity index (χ0) is 15.4. The van der Waals surface area contributed by atoms with E-state index in [1.807, 2.05) is 18.2 Å². The van der Waals surface area contributed by atoms with Crippen molar-refractivity contribution in [2.24, 2.45) is 0 Å². The molecule has 0 bridgehead atoms. The van der Waals surface area contributed by atoms with Crippen molar-refractivity contribution >= 4 is 50.8 Å². The fraction of sp³-hybridized carbons (Fsp3) is 0.0625. The van der Waals surface area contributed by atoms with E-state index in [4.69, 9.17) is 27.9 Å². The molecule has 0 aliphatic rings. The lowest BCUT2D eigenvalue weighted by molar-refractivity contribution is 0.412. The van der Waals surface area contributed by atoms with Crippen molar-refractivity contribution in [2.45, 2.75) is 0 Å². The molecule has 21 heavy (non-hydrogen) atoms. The number of hydrogen-bond donors (Lipinski definition) is 0. The van der Waals surface area contributed by atoms with Crippen LogP contribution in [0.4, 0.5) is 0 Å². The van der Waals surface area contributed by atoms with Crippen molar-refractivity contribution in [2.75, 3.05) is 7.11 Å². The van der Waals surface area contributed by atoms with E-state index in [0.717, 1.165) is 21.3 Å². The Hall–Kier alpha value is -1.47. The second kappa shape index (κ2) is 7.00. The number of halogens is 3. The van der Waals surface area contributed by atoms with Gasteiger partial charge in [0.05, 0.1) is 33.3 Å². The van der Waals surface area contributed by atoms with Crippen LogP contribution in [0.25, 0.3) is 11.6 Å². The maximum Gasteiger partial charge on any atom is 0.133 e. The highest BCUT2D eigenvalue weighted by molar-refractivity contribution is 9.10. The van der Waals surface area contributed by atoms with Crippen LogP contribution in [0.5, 0.6) is 5.75 Å². The number of hydrogen-bond acceptors (Lipinski definition) is 2. The quantitative estimate of drug-likeness (QED) is 0.494. The first-order valence-electron chi connectivity index (χ1n) is 5.96. The summed E-state index contributed by atoms with van der Waals surface area (Å²) in [6.45, 7) is 0. The van der Waals surface area contributed by atoms with Crippen LogP contribution in [-0.4, -0.2) is 7.11 Å². The summed E-state index contributed by atoms with van der Waals surface area (Å²) in [6.07, 6.45) is 1.78. The Bertz CT molecular complexity index is 750. The lowest BCUT2D eigenvalue weighted by Gasteiger charge is -2.05. The van der Waals surface area contributed by atoms with Gasteiger partial charge in [-0.05, 0) is 57.4 Å². The van der Waals surface area contributed by atoms with E-state index in [9.17, 15) is 5.26 Å². The zero-order valence-corrected chi connectivity index (χ0v) is 14.1. The van der Waals surface area contributed by atoms with Crippen molar-refractivity contribution in [3.05, 3.63) is 62.0 Å². The number of benzene rings is 2. The molecule has 5 heteroatoms. The van der Waals surface area contributed by atoms with E-state index >= 15 is 0 Å². The summed E-state index contributed by atoms with van der Waals surface area (Å²) in [4.78, 5) is 0. The normalized spacial score (nSPS) is 11.1. The maximum atomic E-state index is 9.34. The molecule has 0 amide bonds. The Morgan fingerprint density at radius 2 is 1.95 bits per heavy atom. The molecule has 0 aromatic heterocycles. The lowest BCUT2D eigenvalue weighted by Crippen LogP contribution is -1.86. The molecule has 0 saturated heterocycles. The highest BCUT2D eigenvalue weighted by Crippen LogP contribution is 2.29. The molecule has 2 aromatic rings. The minimum Gasteiger partial charge on any atom is -0.496 e. The van der Waals surface area contributed by atoms with Gasteiger partial charge < -0.3 is 4.74 Å². The molecule has 0 aliphatic carbocycles. The molecule has 0 atom stereocenters. The topological polar surface area (TPSA) is 33.0 Å². The molecule has 0 saturated carbocycles. The molecule has 0 aliphatic heterocycles. The Balaban J connectivity index is 2.43. The van der Waals surface area contributed by atoms with Gasteiger partial charge in [-0.2, -0.15) is 5.26 Å². The van der Waals surface area contributed by atoms with Crippen LogP contribution in [0.1, 0.15) is 11.1 Å². The van der Waals surface area contributed by atoms with Gasteiger partial charge in [0.2, 0.25) is 0 Å². The van der Waals surface area contributed by atoms with Crippen molar-refractivity contribution < 1.29 is 4.74 Å². The third kappa shape index (κ3) is 3.79. The van der Waals surface area contributed by atoms with Crippen LogP contribution in [0, 0.1) is 11.3 Å². The first-order valence-corrected chi connectivity index (χ1v) is 7.51. The molecular formula is C16H10BrCl2NO. The number of allylic oxidation sites excluding steroid dienone is 1. The predicted molar refractivity (Wildman–Crippen MR) is 90.6 cm³/mol. The van der Waals surface area contributed by atoms with Crippen molar-refractivity contribution in [1.29, 1.82) is 5.26 Å². The van der Waals surface area contributed by atoms with E-state index in [0.29, 0.717) is 15.6 Å². The monoisotopic (exact) mass is 381 g/mol. The molecule has 2 aromatic carbocycles. The molecule has 0 radical (unpaired) electrons. The van der Waals surface area contributed by atoms with Crippen molar-refractivity contribution in [1.82, 2.24) is 0 Å². The summed E-state index contributed by atoms with van der Waals surface area (Å²) in [5.74, 6) is 0.736. The van der Waals surface area contributed by atoms with Crippen LogP contribution in [0.2, 0.25) is 10.0 Å². The van der Waals surface area contributed by atoms with Crippen LogP contribution in [0.3, 0.4) is 0 Å². The van der Waals surface area contributed by atoms with E-state index < -0.39 is 0 Å². The first-order chi connectivity index (χ1) is 10.0. The average molecular weight is 383 g/mol. The number of methoxy groups -OCH3 is 1. The average Bonchev–Trinajstić information content (AvgIpc) is 2.48. The molecular weight excluding hydrogens is 373 g/mol. The van der Waals surface area contributed by atoms with Gasteiger partial charge in [0.1, 0.15) is 5.75 Å². The highest BCUT2D eigenvalue weighted by Gasteiger charge is 2.06. The van der Waals surface area contributed by atoms with Gasteiger partial charge >= 0.3 is 0 Å². The van der Waals surface area contributed by atoms with Crippen LogP contribution in [0.15, 0.2) is 40.9 Å². The summed E-state index contributed by atoms with van der Waals surface area (Å²) in [6, 6.07) is 12.9. The Morgan fingerprint density at radius 1 is 1.19 bits per heavy atom. The van der Waals surface area contributed by atoms with Gasteiger partial charge in [-0.3, -0.25) is 0 Å². The Morgan fingerprint density at radius 3 is 2.52 bits per heavy atom. The van der Waals surface area contributed by atoms with E-state index in [1.54, 1.807) is 31.4 Å². The van der Waals surface area contributed by atoms with Crippen LogP contribution in [-0.2, 0) is 0 Å². The number of ether oxygens (including phenoxy) is 1. The van der Waals surface area contributed by atoms with E-state index in [1.165, 1.54) is 0 Å². The van der Waals surface area contributed by atoms with Gasteiger partial charge in [-0.25, -0.2) is 0 Å². The summed E-state index contributed by atoms with van der Waals surface area (Å²) >= 11 is 15.3. The number of rotatable bonds is 3. The van der Waals surface area contributed by atoms with Gasteiger partial charge in [-0.15, -0.1) is 0 Å². The molecule has 0 fully saturated rings. The number of nitriles is 1.